The van der Waals surface area contributed by atoms with Crippen LogP contribution in [0.4, 0.5) is 0 Å². The molecule has 2 rings (SSSR count). The first-order valence-electron chi connectivity index (χ1n) is 5.91. The Morgan fingerprint density at radius 3 is 2.89 bits per heavy atom. The van der Waals surface area contributed by atoms with Gasteiger partial charge in [0.2, 0.25) is 0 Å². The second-order valence-corrected chi connectivity index (χ2v) is 4.25. The van der Waals surface area contributed by atoms with E-state index in [0.717, 1.165) is 5.56 Å². The predicted molar refractivity (Wildman–Crippen MR) is 64.6 cm³/mol. The lowest BCUT2D eigenvalue weighted by molar-refractivity contribution is -0.149. The van der Waals surface area contributed by atoms with Crippen molar-refractivity contribution in [3.05, 3.63) is 35.9 Å². The fraction of sp³-hybridized carbons (Fsp3) is 0.462. The molecule has 0 spiro atoms. The quantitative estimate of drug-likeness (QED) is 0.808. The number of benzene rings is 1. The molecule has 98 valence electrons. The predicted octanol–water partition coefficient (Wildman–Crippen LogP) is 0.991. The van der Waals surface area contributed by atoms with Gasteiger partial charge in [-0.25, -0.2) is 0 Å². The lowest BCUT2D eigenvalue weighted by atomic mass is 10.2. The third-order valence-corrected chi connectivity index (χ3v) is 2.60. The molecule has 2 N–H and O–H groups in total. The summed E-state index contributed by atoms with van der Waals surface area (Å²) in [5.74, 6) is -0.429. The van der Waals surface area contributed by atoms with E-state index < -0.39 is 12.0 Å². The van der Waals surface area contributed by atoms with Crippen LogP contribution in [0.1, 0.15) is 18.8 Å². The summed E-state index contributed by atoms with van der Waals surface area (Å²) in [5, 5.41) is 0. The molecule has 1 aromatic carbocycles. The van der Waals surface area contributed by atoms with Crippen LogP contribution in [0, 0.1) is 0 Å². The SMILES string of the molecule is C[C@H](N)C(=O)OC[C@H]1CO[C@H](c2ccccc2)O1. The Hall–Kier alpha value is -1.43. The molecule has 1 aromatic rings. The molecule has 5 nitrogen and oxygen atoms in total. The second kappa shape index (κ2) is 5.95. The molecule has 1 fully saturated rings. The van der Waals surface area contributed by atoms with E-state index >= 15 is 0 Å². The van der Waals surface area contributed by atoms with E-state index in [1.165, 1.54) is 0 Å². The van der Waals surface area contributed by atoms with Crippen LogP contribution >= 0.6 is 0 Å². The summed E-state index contributed by atoms with van der Waals surface area (Å²) >= 11 is 0. The van der Waals surface area contributed by atoms with Gasteiger partial charge in [0.25, 0.3) is 0 Å². The van der Waals surface area contributed by atoms with Crippen molar-refractivity contribution in [1.82, 2.24) is 0 Å². The lowest BCUT2D eigenvalue weighted by Crippen LogP contribution is -2.31. The maximum absolute atomic E-state index is 11.2. The lowest BCUT2D eigenvalue weighted by Gasteiger charge is -2.12. The van der Waals surface area contributed by atoms with Crippen molar-refractivity contribution in [3.63, 3.8) is 0 Å². The Balaban J connectivity index is 1.80. The van der Waals surface area contributed by atoms with E-state index in [1.807, 2.05) is 30.3 Å². The van der Waals surface area contributed by atoms with Crippen molar-refractivity contribution in [1.29, 1.82) is 0 Å². The molecule has 18 heavy (non-hydrogen) atoms. The van der Waals surface area contributed by atoms with Gasteiger partial charge in [-0.1, -0.05) is 30.3 Å². The fourth-order valence-corrected chi connectivity index (χ4v) is 1.63. The van der Waals surface area contributed by atoms with Crippen molar-refractivity contribution in [2.45, 2.75) is 25.4 Å². The number of carbonyl (C=O) groups excluding carboxylic acids is 1. The summed E-state index contributed by atoms with van der Waals surface area (Å²) in [6.45, 7) is 2.16. The van der Waals surface area contributed by atoms with Crippen molar-refractivity contribution in [3.8, 4) is 0 Å². The van der Waals surface area contributed by atoms with E-state index in [2.05, 4.69) is 0 Å². The molecule has 1 aliphatic heterocycles. The standard InChI is InChI=1S/C13H17NO4/c1-9(14)12(15)16-7-11-8-17-13(18-11)10-5-3-2-4-6-10/h2-6,9,11,13H,7-8,14H2,1H3/t9-,11-,13-/m0/s1. The van der Waals surface area contributed by atoms with Crippen molar-refractivity contribution < 1.29 is 19.0 Å². The molecule has 5 heteroatoms. The van der Waals surface area contributed by atoms with Crippen LogP contribution in [0.5, 0.6) is 0 Å². The first-order chi connectivity index (χ1) is 8.66. The van der Waals surface area contributed by atoms with Crippen molar-refractivity contribution in [2.75, 3.05) is 13.2 Å². The Labute approximate surface area is 106 Å². The Bertz CT molecular complexity index is 393. The Morgan fingerprint density at radius 1 is 1.50 bits per heavy atom. The van der Waals surface area contributed by atoms with E-state index in [1.54, 1.807) is 6.92 Å². The highest BCUT2D eigenvalue weighted by molar-refractivity contribution is 5.74. The smallest absolute Gasteiger partial charge is 0.322 e. The molecule has 0 bridgehead atoms. The maximum atomic E-state index is 11.2. The van der Waals surface area contributed by atoms with Gasteiger partial charge in [0.05, 0.1) is 6.61 Å². The molecule has 1 heterocycles. The van der Waals surface area contributed by atoms with Gasteiger partial charge in [-0.3, -0.25) is 4.79 Å². The number of carbonyl (C=O) groups is 1. The van der Waals surface area contributed by atoms with Gasteiger partial charge in [0, 0.05) is 5.56 Å². The molecule has 0 aromatic heterocycles. The van der Waals surface area contributed by atoms with Gasteiger partial charge in [-0.15, -0.1) is 0 Å². The average Bonchev–Trinajstić information content (AvgIpc) is 2.85. The van der Waals surface area contributed by atoms with Crippen LogP contribution in [0.15, 0.2) is 30.3 Å². The molecule has 1 saturated heterocycles. The summed E-state index contributed by atoms with van der Waals surface area (Å²) in [7, 11) is 0. The van der Waals surface area contributed by atoms with Crippen LogP contribution in [-0.2, 0) is 19.0 Å². The average molecular weight is 251 g/mol. The van der Waals surface area contributed by atoms with Crippen LogP contribution in [-0.4, -0.2) is 31.3 Å². The summed E-state index contributed by atoms with van der Waals surface area (Å²) in [6.07, 6.45) is -0.622. The molecular formula is C13H17NO4. The summed E-state index contributed by atoms with van der Waals surface area (Å²) in [4.78, 5) is 11.2. The summed E-state index contributed by atoms with van der Waals surface area (Å²) in [5.41, 5.74) is 6.35. The molecule has 0 saturated carbocycles. The van der Waals surface area contributed by atoms with E-state index in [0.29, 0.717) is 6.61 Å². The highest BCUT2D eigenvalue weighted by Crippen LogP contribution is 2.26. The summed E-state index contributed by atoms with van der Waals surface area (Å²) in [6, 6.07) is 9.02. The summed E-state index contributed by atoms with van der Waals surface area (Å²) < 4.78 is 16.1. The maximum Gasteiger partial charge on any atom is 0.322 e. The Morgan fingerprint density at radius 2 is 2.22 bits per heavy atom. The number of esters is 1. The molecule has 3 atom stereocenters. The second-order valence-electron chi connectivity index (χ2n) is 4.25. The van der Waals surface area contributed by atoms with E-state index in [4.69, 9.17) is 19.9 Å². The largest absolute Gasteiger partial charge is 0.462 e. The van der Waals surface area contributed by atoms with Gasteiger partial charge in [-0.2, -0.15) is 0 Å². The van der Waals surface area contributed by atoms with Gasteiger partial charge in [0.15, 0.2) is 6.29 Å². The third kappa shape index (κ3) is 3.29. The zero-order chi connectivity index (χ0) is 13.0. The first-order valence-corrected chi connectivity index (χ1v) is 5.91. The molecule has 0 amide bonds. The number of hydrogen-bond acceptors (Lipinski definition) is 5. The topological polar surface area (TPSA) is 70.8 Å². The monoisotopic (exact) mass is 251 g/mol. The Kier molecular flexibility index (Phi) is 4.30. The number of hydrogen-bond donors (Lipinski definition) is 1. The fourth-order valence-electron chi connectivity index (χ4n) is 1.63. The molecular weight excluding hydrogens is 234 g/mol. The van der Waals surface area contributed by atoms with Gasteiger partial charge >= 0.3 is 5.97 Å². The molecule has 1 aliphatic rings. The number of ether oxygens (including phenoxy) is 3. The van der Waals surface area contributed by atoms with Crippen LogP contribution in [0.2, 0.25) is 0 Å². The third-order valence-electron chi connectivity index (χ3n) is 2.60. The molecule has 0 radical (unpaired) electrons. The van der Waals surface area contributed by atoms with E-state index in [9.17, 15) is 4.79 Å². The van der Waals surface area contributed by atoms with Crippen molar-refractivity contribution >= 4 is 5.97 Å². The zero-order valence-electron chi connectivity index (χ0n) is 10.2. The van der Waals surface area contributed by atoms with Gasteiger partial charge < -0.3 is 19.9 Å². The first kappa shape index (κ1) is 13.0. The van der Waals surface area contributed by atoms with Gasteiger partial charge in [0.1, 0.15) is 18.8 Å². The van der Waals surface area contributed by atoms with Crippen LogP contribution in [0.3, 0.4) is 0 Å². The zero-order valence-corrected chi connectivity index (χ0v) is 10.2. The minimum Gasteiger partial charge on any atom is -0.462 e. The molecule has 0 unspecified atom stereocenters. The highest BCUT2D eigenvalue weighted by atomic mass is 16.7. The number of nitrogens with two attached hydrogens (primary N) is 1. The van der Waals surface area contributed by atoms with E-state index in [-0.39, 0.29) is 19.0 Å². The normalized spacial score (nSPS) is 24.8. The van der Waals surface area contributed by atoms with Crippen LogP contribution < -0.4 is 5.73 Å². The highest BCUT2D eigenvalue weighted by Gasteiger charge is 2.28. The van der Waals surface area contributed by atoms with Gasteiger partial charge in [-0.05, 0) is 6.92 Å². The number of rotatable bonds is 4. The molecule has 0 aliphatic carbocycles. The van der Waals surface area contributed by atoms with Crippen LogP contribution in [0.25, 0.3) is 0 Å². The van der Waals surface area contributed by atoms with Crippen molar-refractivity contribution in [2.24, 2.45) is 5.73 Å². The minimum atomic E-state index is -0.614. The minimum absolute atomic E-state index is 0.170.